The minimum absolute atomic E-state index is 0.0570. The molecule has 0 amide bonds. The fourth-order valence-corrected chi connectivity index (χ4v) is 1.19. The van der Waals surface area contributed by atoms with Crippen LogP contribution >= 0.6 is 46.4 Å². The third kappa shape index (κ3) is 2.85. The molecule has 0 N–H and O–H groups in total. The highest BCUT2D eigenvalue weighted by Crippen LogP contribution is 2.27. The molecule has 74 valence electrons. The summed E-state index contributed by atoms with van der Waals surface area (Å²) in [6.45, 7) is 0. The molecule has 0 saturated carbocycles. The molecule has 14 heavy (non-hydrogen) atoms. The molecule has 6 heteroatoms. The average molecular weight is 271 g/mol. The molecule has 0 atom stereocenters. The largest absolute Gasteiger partial charge is 0.274 e. The van der Waals surface area contributed by atoms with Gasteiger partial charge in [0, 0.05) is 11.8 Å². The van der Waals surface area contributed by atoms with Crippen LogP contribution in [0.15, 0.2) is 22.8 Å². The topological polar surface area (TPSA) is 30.0 Å². The van der Waals surface area contributed by atoms with Crippen LogP contribution in [0, 0.1) is 0 Å². The molecule has 1 heterocycles. The second-order valence-electron chi connectivity index (χ2n) is 2.28. The molecule has 0 spiro atoms. The first-order valence-corrected chi connectivity index (χ1v) is 4.90. The first kappa shape index (κ1) is 11.8. The fraction of sp³-hybridized carbons (Fsp3) is 0. The van der Waals surface area contributed by atoms with E-state index in [1.54, 1.807) is 6.07 Å². The third-order valence-electron chi connectivity index (χ3n) is 1.38. The van der Waals surface area contributed by atoms with Crippen molar-refractivity contribution in [1.82, 2.24) is 4.98 Å². The Labute approximate surface area is 100 Å². The van der Waals surface area contributed by atoms with Crippen LogP contribution in [0.4, 0.5) is 0 Å². The van der Waals surface area contributed by atoms with Crippen LogP contribution in [0.3, 0.4) is 0 Å². The Morgan fingerprint density at radius 3 is 2.14 bits per heavy atom. The Morgan fingerprint density at radius 2 is 1.79 bits per heavy atom. The predicted molar refractivity (Wildman–Crippen MR) is 58.9 cm³/mol. The van der Waals surface area contributed by atoms with Gasteiger partial charge in [0.25, 0.3) is 5.24 Å². The van der Waals surface area contributed by atoms with Crippen molar-refractivity contribution in [1.29, 1.82) is 0 Å². The SMILES string of the molecule is O=C(Cl)c1ccc(C(Cl)=C(Cl)Cl)cn1. The molecule has 1 aromatic heterocycles. The molecule has 1 aromatic rings. The lowest BCUT2D eigenvalue weighted by molar-refractivity contribution is 0.107. The van der Waals surface area contributed by atoms with Gasteiger partial charge in [-0.1, -0.05) is 34.8 Å². The molecule has 0 aliphatic heterocycles. The van der Waals surface area contributed by atoms with Gasteiger partial charge in [-0.05, 0) is 23.7 Å². The Balaban J connectivity index is 3.06. The van der Waals surface area contributed by atoms with Crippen molar-refractivity contribution in [3.8, 4) is 0 Å². The van der Waals surface area contributed by atoms with Crippen molar-refractivity contribution in [3.05, 3.63) is 34.1 Å². The number of halogens is 4. The summed E-state index contributed by atoms with van der Waals surface area (Å²) in [6.07, 6.45) is 1.36. The smallest absolute Gasteiger partial charge is 0.270 e. The highest BCUT2D eigenvalue weighted by atomic mass is 35.5. The van der Waals surface area contributed by atoms with Crippen molar-refractivity contribution < 1.29 is 4.79 Å². The van der Waals surface area contributed by atoms with Gasteiger partial charge in [0.15, 0.2) is 0 Å². The van der Waals surface area contributed by atoms with E-state index in [0.717, 1.165) is 0 Å². The van der Waals surface area contributed by atoms with Gasteiger partial charge in [0.2, 0.25) is 0 Å². The van der Waals surface area contributed by atoms with Crippen LogP contribution in [-0.4, -0.2) is 10.2 Å². The van der Waals surface area contributed by atoms with E-state index < -0.39 is 5.24 Å². The zero-order valence-corrected chi connectivity index (χ0v) is 9.62. The normalized spacial score (nSPS) is 9.71. The van der Waals surface area contributed by atoms with Gasteiger partial charge in [0.05, 0.1) is 5.03 Å². The molecule has 0 aliphatic rings. The van der Waals surface area contributed by atoms with Gasteiger partial charge < -0.3 is 0 Å². The summed E-state index contributed by atoms with van der Waals surface area (Å²) in [7, 11) is 0. The van der Waals surface area contributed by atoms with E-state index in [9.17, 15) is 4.79 Å². The Hall–Kier alpha value is -0.280. The zero-order valence-electron chi connectivity index (χ0n) is 6.60. The summed E-state index contributed by atoms with van der Waals surface area (Å²) >= 11 is 21.8. The zero-order chi connectivity index (χ0) is 10.7. The summed E-state index contributed by atoms with van der Waals surface area (Å²) in [5, 5.41) is -0.456. The van der Waals surface area contributed by atoms with Crippen LogP contribution in [0.1, 0.15) is 16.1 Å². The van der Waals surface area contributed by atoms with Crippen molar-refractivity contribution in [3.63, 3.8) is 0 Å². The van der Waals surface area contributed by atoms with E-state index in [4.69, 9.17) is 46.4 Å². The van der Waals surface area contributed by atoms with Gasteiger partial charge in [-0.3, -0.25) is 9.78 Å². The summed E-state index contributed by atoms with van der Waals surface area (Å²) < 4.78 is -0.0570. The molecular formula is C8H3Cl4NO. The maximum atomic E-state index is 10.7. The maximum Gasteiger partial charge on any atom is 0.270 e. The fourth-order valence-electron chi connectivity index (χ4n) is 0.749. The van der Waals surface area contributed by atoms with Gasteiger partial charge in [-0.15, -0.1) is 0 Å². The summed E-state index contributed by atoms with van der Waals surface area (Å²) in [5.41, 5.74) is 0.666. The number of pyridine rings is 1. The number of hydrogen-bond donors (Lipinski definition) is 0. The number of nitrogens with zero attached hydrogens (tertiary/aromatic N) is 1. The van der Waals surface area contributed by atoms with Gasteiger partial charge in [0.1, 0.15) is 10.2 Å². The van der Waals surface area contributed by atoms with Gasteiger partial charge >= 0.3 is 0 Å². The highest BCUT2D eigenvalue weighted by Gasteiger charge is 2.06. The van der Waals surface area contributed by atoms with Crippen molar-refractivity contribution in [2.45, 2.75) is 0 Å². The molecule has 2 nitrogen and oxygen atoms in total. The number of hydrogen-bond acceptors (Lipinski definition) is 2. The quantitative estimate of drug-likeness (QED) is 0.765. The molecule has 0 aliphatic carbocycles. The van der Waals surface area contributed by atoms with Crippen LogP contribution < -0.4 is 0 Å². The predicted octanol–water partition coefficient (Wildman–Crippen LogP) is 3.80. The van der Waals surface area contributed by atoms with E-state index in [1.807, 2.05) is 0 Å². The highest BCUT2D eigenvalue weighted by molar-refractivity contribution is 6.67. The molecule has 0 bridgehead atoms. The van der Waals surface area contributed by atoms with Crippen molar-refractivity contribution in [2.75, 3.05) is 0 Å². The van der Waals surface area contributed by atoms with Gasteiger partial charge in [-0.25, -0.2) is 0 Å². The van der Waals surface area contributed by atoms with E-state index in [2.05, 4.69) is 4.98 Å². The lowest BCUT2D eigenvalue weighted by Gasteiger charge is -1.99. The summed E-state index contributed by atoms with van der Waals surface area (Å²) in [4.78, 5) is 14.4. The number of aromatic nitrogens is 1. The van der Waals surface area contributed by atoms with E-state index in [0.29, 0.717) is 5.56 Å². The first-order chi connectivity index (χ1) is 6.52. The van der Waals surface area contributed by atoms with Crippen molar-refractivity contribution >= 4 is 56.7 Å². The number of carbonyl (C=O) groups excluding carboxylic acids is 1. The molecule has 0 saturated heterocycles. The average Bonchev–Trinajstić information content (AvgIpc) is 2.16. The second kappa shape index (κ2) is 4.99. The standard InChI is InChI=1S/C8H3Cl4NO/c9-6(7(10)11)4-1-2-5(8(12)14)13-3-4/h1-3H. The minimum Gasteiger partial charge on any atom is -0.274 e. The van der Waals surface area contributed by atoms with Gasteiger partial charge in [-0.2, -0.15) is 0 Å². The van der Waals surface area contributed by atoms with Crippen LogP contribution in [0.25, 0.3) is 5.03 Å². The van der Waals surface area contributed by atoms with E-state index >= 15 is 0 Å². The van der Waals surface area contributed by atoms with Crippen LogP contribution in [-0.2, 0) is 0 Å². The number of rotatable bonds is 2. The Kier molecular flexibility index (Phi) is 4.20. The first-order valence-electron chi connectivity index (χ1n) is 3.39. The molecular weight excluding hydrogens is 268 g/mol. The summed E-state index contributed by atoms with van der Waals surface area (Å²) in [5.74, 6) is 0. The molecule has 0 fully saturated rings. The second-order valence-corrected chi connectivity index (χ2v) is 3.95. The molecule has 0 unspecified atom stereocenters. The van der Waals surface area contributed by atoms with E-state index in [-0.39, 0.29) is 15.2 Å². The number of carbonyl (C=O) groups is 1. The molecule has 1 rings (SSSR count). The third-order valence-corrected chi connectivity index (χ3v) is 2.56. The lowest BCUT2D eigenvalue weighted by Crippen LogP contribution is -1.93. The minimum atomic E-state index is -0.631. The van der Waals surface area contributed by atoms with Crippen LogP contribution in [0.5, 0.6) is 0 Å². The Morgan fingerprint density at radius 1 is 1.14 bits per heavy atom. The monoisotopic (exact) mass is 269 g/mol. The lowest BCUT2D eigenvalue weighted by atomic mass is 10.2. The van der Waals surface area contributed by atoms with E-state index in [1.165, 1.54) is 12.3 Å². The summed E-state index contributed by atoms with van der Waals surface area (Å²) in [6, 6.07) is 2.99. The van der Waals surface area contributed by atoms with Crippen molar-refractivity contribution in [2.24, 2.45) is 0 Å². The van der Waals surface area contributed by atoms with Crippen LogP contribution in [0.2, 0.25) is 0 Å². The molecule has 0 radical (unpaired) electrons. The Bertz CT molecular complexity index is 381. The maximum absolute atomic E-state index is 10.7. The molecule has 0 aromatic carbocycles.